The molecule has 0 atom stereocenters. The second-order valence-electron chi connectivity index (χ2n) is 11.8. The van der Waals surface area contributed by atoms with Crippen molar-refractivity contribution >= 4 is 73.9 Å². The number of rotatable bonds is 4. The zero-order valence-electron chi connectivity index (χ0n) is 25.5. The van der Waals surface area contributed by atoms with E-state index in [9.17, 15) is 0 Å². The highest BCUT2D eigenvalue weighted by molar-refractivity contribution is 7.27. The highest BCUT2D eigenvalue weighted by Crippen LogP contribution is 2.43. The van der Waals surface area contributed by atoms with Gasteiger partial charge < -0.3 is 0 Å². The Balaban J connectivity index is 1.20. The molecule has 0 amide bonds. The molecule has 0 aliphatic heterocycles. The number of hydrogen-bond acceptors (Lipinski definition) is 6. The van der Waals surface area contributed by atoms with E-state index >= 15 is 0 Å². The molecule has 0 spiro atoms. The number of hydrogen-bond donors (Lipinski definition) is 0. The third-order valence-corrected chi connectivity index (χ3v) is 11.3. The summed E-state index contributed by atoms with van der Waals surface area (Å²) in [6, 6.07) is 50.7. The largest absolute Gasteiger partial charge is 0.247 e. The van der Waals surface area contributed by atoms with Gasteiger partial charge in [0.15, 0.2) is 17.5 Å². The molecule has 224 valence electrons. The summed E-state index contributed by atoms with van der Waals surface area (Å²) in [6.07, 6.45) is 0. The van der Waals surface area contributed by atoms with Crippen LogP contribution < -0.4 is 0 Å². The Hall–Kier alpha value is -5.82. The van der Waals surface area contributed by atoms with E-state index in [1.54, 1.807) is 11.3 Å². The van der Waals surface area contributed by atoms with Crippen LogP contribution in [0.5, 0.6) is 0 Å². The van der Waals surface area contributed by atoms with Gasteiger partial charge in [-0.15, -0.1) is 22.7 Å². The van der Waals surface area contributed by atoms with Crippen molar-refractivity contribution in [2.45, 2.75) is 0 Å². The molecule has 0 unspecified atom stereocenters. The van der Waals surface area contributed by atoms with Gasteiger partial charge in [-0.2, -0.15) is 0 Å². The fourth-order valence-corrected chi connectivity index (χ4v) is 9.14. The molecule has 6 aromatic carbocycles. The molecule has 0 N–H and O–H groups in total. The maximum absolute atomic E-state index is 5.27. The van der Waals surface area contributed by atoms with Crippen LogP contribution in [0, 0.1) is 0 Å². The molecule has 48 heavy (non-hydrogen) atoms. The van der Waals surface area contributed by atoms with Crippen molar-refractivity contribution in [3.63, 3.8) is 0 Å². The van der Waals surface area contributed by atoms with Crippen LogP contribution in [-0.4, -0.2) is 19.9 Å². The molecule has 10 aromatic rings. The summed E-state index contributed by atoms with van der Waals surface area (Å²) >= 11 is 3.61. The van der Waals surface area contributed by atoms with Crippen molar-refractivity contribution in [1.82, 2.24) is 19.9 Å². The molecule has 0 bridgehead atoms. The molecule has 4 aromatic heterocycles. The fourth-order valence-electron chi connectivity index (χ4n) is 6.69. The maximum Gasteiger partial charge on any atom is 0.165 e. The standard InChI is InChI=1S/C42H24N4S2/c1-2-12-25(13-3-1)40-44-41(46-42(45-40)32-20-11-19-29-28-16-5-8-22-34(28)47-38(29)32)27-15-10-14-26(24-27)37-36-31-18-6-9-23-35(31)48-39(36)30-17-4-7-21-33(30)43-37/h1-24H. The molecular formula is C42H24N4S2. The van der Waals surface area contributed by atoms with Crippen molar-refractivity contribution < 1.29 is 0 Å². The van der Waals surface area contributed by atoms with Crippen LogP contribution in [0.1, 0.15) is 0 Å². The number of thiophene rings is 2. The predicted molar refractivity (Wildman–Crippen MR) is 203 cm³/mol. The van der Waals surface area contributed by atoms with Crippen molar-refractivity contribution in [3.8, 4) is 45.4 Å². The molecule has 4 nitrogen and oxygen atoms in total. The number of para-hydroxylation sites is 1. The lowest BCUT2D eigenvalue weighted by Gasteiger charge is -2.11. The fraction of sp³-hybridized carbons (Fsp3) is 0. The average Bonchev–Trinajstić information content (AvgIpc) is 3.74. The van der Waals surface area contributed by atoms with Gasteiger partial charge >= 0.3 is 0 Å². The first-order valence-electron chi connectivity index (χ1n) is 15.8. The van der Waals surface area contributed by atoms with E-state index in [1.165, 1.54) is 45.7 Å². The van der Waals surface area contributed by atoms with Crippen LogP contribution in [0.3, 0.4) is 0 Å². The van der Waals surface area contributed by atoms with Crippen molar-refractivity contribution in [2.24, 2.45) is 0 Å². The van der Waals surface area contributed by atoms with E-state index in [-0.39, 0.29) is 0 Å². The van der Waals surface area contributed by atoms with Gasteiger partial charge in [-0.1, -0.05) is 115 Å². The Morgan fingerprint density at radius 2 is 0.958 bits per heavy atom. The SMILES string of the molecule is c1ccc(-c2nc(-c3cccc(-c4nc5ccccc5c5sc6ccccc6c45)c3)nc(-c3cccc4c3sc3ccccc34)n2)cc1. The number of nitrogens with zero attached hydrogens (tertiary/aromatic N) is 4. The smallest absolute Gasteiger partial charge is 0.165 e. The average molecular weight is 649 g/mol. The second kappa shape index (κ2) is 10.9. The van der Waals surface area contributed by atoms with E-state index in [4.69, 9.17) is 19.9 Å². The third kappa shape index (κ3) is 4.34. The Morgan fingerprint density at radius 1 is 0.375 bits per heavy atom. The first-order valence-corrected chi connectivity index (χ1v) is 17.4. The number of pyridine rings is 1. The Morgan fingerprint density at radius 3 is 1.81 bits per heavy atom. The molecule has 0 aliphatic carbocycles. The zero-order valence-corrected chi connectivity index (χ0v) is 27.1. The first kappa shape index (κ1) is 27.3. The lowest BCUT2D eigenvalue weighted by molar-refractivity contribution is 1.08. The van der Waals surface area contributed by atoms with Gasteiger partial charge in [-0.3, -0.25) is 0 Å². The summed E-state index contributed by atoms with van der Waals surface area (Å²) in [7, 11) is 0. The van der Waals surface area contributed by atoms with Crippen LogP contribution in [0.2, 0.25) is 0 Å². The van der Waals surface area contributed by atoms with Crippen LogP contribution >= 0.6 is 22.7 Å². The predicted octanol–water partition coefficient (Wildman–Crippen LogP) is 11.8. The minimum Gasteiger partial charge on any atom is -0.247 e. The molecule has 6 heteroatoms. The van der Waals surface area contributed by atoms with Crippen LogP contribution in [-0.2, 0) is 0 Å². The molecule has 0 saturated heterocycles. The summed E-state index contributed by atoms with van der Waals surface area (Å²) < 4.78 is 4.94. The first-order chi connectivity index (χ1) is 23.8. The Bertz CT molecular complexity index is 2850. The molecule has 4 heterocycles. The highest BCUT2D eigenvalue weighted by atomic mass is 32.1. The number of benzene rings is 6. The van der Waals surface area contributed by atoms with Crippen molar-refractivity contribution in [2.75, 3.05) is 0 Å². The molecule has 0 fully saturated rings. The minimum atomic E-state index is 0.631. The molecule has 0 aliphatic rings. The number of aromatic nitrogens is 4. The Labute approximate surface area is 283 Å². The maximum atomic E-state index is 5.27. The monoisotopic (exact) mass is 648 g/mol. The third-order valence-electron chi connectivity index (χ3n) is 8.92. The van der Waals surface area contributed by atoms with Gasteiger partial charge in [-0.25, -0.2) is 19.9 Å². The van der Waals surface area contributed by atoms with Gasteiger partial charge in [0, 0.05) is 68.0 Å². The molecule has 0 radical (unpaired) electrons. The van der Waals surface area contributed by atoms with Crippen LogP contribution in [0.4, 0.5) is 0 Å². The molecule has 0 saturated carbocycles. The summed E-state index contributed by atoms with van der Waals surface area (Å²) in [5, 5.41) is 6.05. The van der Waals surface area contributed by atoms with E-state index in [0.29, 0.717) is 17.5 Å². The topological polar surface area (TPSA) is 51.6 Å². The lowest BCUT2D eigenvalue weighted by Crippen LogP contribution is -2.00. The van der Waals surface area contributed by atoms with Crippen LogP contribution in [0.25, 0.3) is 96.7 Å². The lowest BCUT2D eigenvalue weighted by atomic mass is 10.0. The van der Waals surface area contributed by atoms with Gasteiger partial charge in [0.1, 0.15) is 0 Å². The van der Waals surface area contributed by atoms with Gasteiger partial charge in [0.25, 0.3) is 0 Å². The molecule has 10 rings (SSSR count). The van der Waals surface area contributed by atoms with E-state index in [0.717, 1.165) is 33.5 Å². The number of fused-ring (bicyclic) bond motifs is 8. The van der Waals surface area contributed by atoms with Gasteiger partial charge in [-0.05, 0) is 30.3 Å². The second-order valence-corrected chi connectivity index (χ2v) is 13.9. The van der Waals surface area contributed by atoms with Gasteiger partial charge in [0.05, 0.1) is 11.2 Å². The summed E-state index contributed by atoms with van der Waals surface area (Å²) in [5.74, 6) is 1.94. The normalized spacial score (nSPS) is 11.8. The zero-order chi connectivity index (χ0) is 31.6. The van der Waals surface area contributed by atoms with Crippen LogP contribution in [0.15, 0.2) is 146 Å². The molecular weight excluding hydrogens is 625 g/mol. The quantitative estimate of drug-likeness (QED) is 0.191. The van der Waals surface area contributed by atoms with E-state index in [2.05, 4.69) is 127 Å². The highest BCUT2D eigenvalue weighted by Gasteiger charge is 2.19. The summed E-state index contributed by atoms with van der Waals surface area (Å²) in [6.45, 7) is 0. The Kier molecular flexibility index (Phi) is 6.19. The summed E-state index contributed by atoms with van der Waals surface area (Å²) in [4.78, 5) is 20.6. The van der Waals surface area contributed by atoms with E-state index in [1.807, 2.05) is 29.5 Å². The summed E-state index contributed by atoms with van der Waals surface area (Å²) in [5.41, 5.74) is 5.86. The van der Waals surface area contributed by atoms with E-state index < -0.39 is 0 Å². The van der Waals surface area contributed by atoms with Crippen molar-refractivity contribution in [3.05, 3.63) is 146 Å². The van der Waals surface area contributed by atoms with Crippen molar-refractivity contribution in [1.29, 1.82) is 0 Å². The van der Waals surface area contributed by atoms with Gasteiger partial charge in [0.2, 0.25) is 0 Å². The minimum absolute atomic E-state index is 0.631.